The Hall–Kier alpha value is -1.26. The number of phenols is 2. The van der Waals surface area contributed by atoms with Gasteiger partial charge >= 0.3 is 0 Å². The van der Waals surface area contributed by atoms with Crippen LogP contribution in [0.5, 0.6) is 11.5 Å². The lowest BCUT2D eigenvalue weighted by Gasteiger charge is -2.25. The van der Waals surface area contributed by atoms with Crippen molar-refractivity contribution in [2.75, 3.05) is 0 Å². The molecule has 1 aliphatic carbocycles. The molecule has 0 saturated heterocycles. The normalized spacial score (nSPS) is 20.4. The molecule has 0 heterocycles. The summed E-state index contributed by atoms with van der Waals surface area (Å²) in [5, 5.41) is 29.2. The first kappa shape index (κ1) is 12.2. The fourth-order valence-corrected chi connectivity index (χ4v) is 2.58. The predicted octanol–water partition coefficient (Wildman–Crippen LogP) is 1.65. The number of benzene rings is 1. The van der Waals surface area contributed by atoms with Crippen LogP contribution in [0.2, 0.25) is 0 Å². The van der Waals surface area contributed by atoms with Crippen LogP contribution >= 0.6 is 0 Å². The van der Waals surface area contributed by atoms with Crippen molar-refractivity contribution in [2.24, 2.45) is 11.7 Å². The lowest BCUT2D eigenvalue weighted by molar-refractivity contribution is 0.0835. The number of phenolic OH excluding ortho intramolecular Hbond substituents is 2. The number of rotatable bonds is 3. The quantitative estimate of drug-likeness (QED) is 0.602. The molecule has 1 aromatic rings. The summed E-state index contributed by atoms with van der Waals surface area (Å²) in [5.74, 6) is 0.269. The molecule has 0 unspecified atom stereocenters. The number of aliphatic hydroxyl groups excluding tert-OH is 1. The topological polar surface area (TPSA) is 86.7 Å². The molecule has 4 heteroatoms. The van der Waals surface area contributed by atoms with Gasteiger partial charge in [-0.2, -0.15) is 0 Å². The highest BCUT2D eigenvalue weighted by Gasteiger charge is 2.30. The maximum absolute atomic E-state index is 10.2. The highest BCUT2D eigenvalue weighted by atomic mass is 16.3. The molecule has 0 radical (unpaired) electrons. The molecule has 1 aliphatic rings. The summed E-state index contributed by atoms with van der Waals surface area (Å²) in [6.07, 6.45) is 3.55. The van der Waals surface area contributed by atoms with Crippen molar-refractivity contribution in [1.82, 2.24) is 0 Å². The molecule has 0 aliphatic heterocycles. The first-order chi connectivity index (χ1) is 8.09. The molecular weight excluding hydrogens is 218 g/mol. The van der Waals surface area contributed by atoms with Crippen LogP contribution in [0.15, 0.2) is 18.2 Å². The smallest absolute Gasteiger partial charge is 0.120 e. The number of hydrogen-bond donors (Lipinski definition) is 4. The van der Waals surface area contributed by atoms with Gasteiger partial charge in [0.2, 0.25) is 0 Å². The molecule has 0 bridgehead atoms. The van der Waals surface area contributed by atoms with Gasteiger partial charge in [0.15, 0.2) is 0 Å². The summed E-state index contributed by atoms with van der Waals surface area (Å²) in [4.78, 5) is 0. The largest absolute Gasteiger partial charge is 0.508 e. The Labute approximate surface area is 101 Å². The summed E-state index contributed by atoms with van der Waals surface area (Å²) >= 11 is 0. The van der Waals surface area contributed by atoms with Crippen molar-refractivity contribution in [1.29, 1.82) is 0 Å². The average Bonchev–Trinajstić information content (AvgIpc) is 2.84. The summed E-state index contributed by atoms with van der Waals surface area (Å²) in [5.41, 5.74) is 6.37. The fraction of sp³-hybridized carbons (Fsp3) is 0.538. The Kier molecular flexibility index (Phi) is 3.54. The van der Waals surface area contributed by atoms with Crippen LogP contribution in [0.3, 0.4) is 0 Å². The minimum absolute atomic E-state index is 0.0207. The lowest BCUT2D eigenvalue weighted by atomic mass is 9.90. The van der Waals surface area contributed by atoms with E-state index in [1.54, 1.807) is 0 Å². The number of hydrogen-bond acceptors (Lipinski definition) is 4. The van der Waals surface area contributed by atoms with Gasteiger partial charge in [-0.05, 0) is 37.0 Å². The molecule has 1 saturated carbocycles. The van der Waals surface area contributed by atoms with Gasteiger partial charge in [0.05, 0.1) is 12.1 Å². The van der Waals surface area contributed by atoms with E-state index in [2.05, 4.69) is 0 Å². The van der Waals surface area contributed by atoms with Crippen molar-refractivity contribution < 1.29 is 15.3 Å². The summed E-state index contributed by atoms with van der Waals surface area (Å²) in [7, 11) is 0. The van der Waals surface area contributed by atoms with E-state index in [1.165, 1.54) is 18.2 Å². The number of aromatic hydroxyl groups is 2. The van der Waals surface area contributed by atoms with Gasteiger partial charge in [0.1, 0.15) is 11.5 Å². The van der Waals surface area contributed by atoms with E-state index in [-0.39, 0.29) is 17.4 Å². The molecule has 0 amide bonds. The van der Waals surface area contributed by atoms with Crippen LogP contribution in [-0.4, -0.2) is 21.4 Å². The maximum Gasteiger partial charge on any atom is 0.120 e. The summed E-state index contributed by atoms with van der Waals surface area (Å²) in [6.45, 7) is 0. The standard InChI is InChI=1S/C13H19NO3/c14-12(13(17)8-3-1-2-4-8)10-7-9(15)5-6-11(10)16/h5-8,12-13,15-17H,1-4,14H2/t12-,13+/m0/s1. The van der Waals surface area contributed by atoms with Crippen LogP contribution in [0, 0.1) is 5.92 Å². The Balaban J connectivity index is 2.17. The lowest BCUT2D eigenvalue weighted by Crippen LogP contribution is -2.31. The van der Waals surface area contributed by atoms with Crippen molar-refractivity contribution in [3.05, 3.63) is 23.8 Å². The van der Waals surface area contributed by atoms with Crippen LogP contribution in [0.1, 0.15) is 37.3 Å². The minimum atomic E-state index is -0.662. The SMILES string of the molecule is N[C@@H](c1cc(O)ccc1O)[C@H](O)C1CCCC1. The first-order valence-electron chi connectivity index (χ1n) is 6.05. The Morgan fingerprint density at radius 3 is 2.47 bits per heavy atom. The molecule has 2 atom stereocenters. The Morgan fingerprint density at radius 1 is 1.18 bits per heavy atom. The highest BCUT2D eigenvalue weighted by molar-refractivity contribution is 5.41. The zero-order chi connectivity index (χ0) is 12.4. The zero-order valence-electron chi connectivity index (χ0n) is 9.71. The molecule has 4 nitrogen and oxygen atoms in total. The van der Waals surface area contributed by atoms with Gasteiger partial charge in [-0.25, -0.2) is 0 Å². The van der Waals surface area contributed by atoms with Crippen LogP contribution in [-0.2, 0) is 0 Å². The summed E-state index contributed by atoms with van der Waals surface area (Å²) < 4.78 is 0. The molecule has 2 rings (SSSR count). The van der Waals surface area contributed by atoms with E-state index in [0.29, 0.717) is 5.56 Å². The Morgan fingerprint density at radius 2 is 1.82 bits per heavy atom. The van der Waals surface area contributed by atoms with Crippen molar-refractivity contribution in [3.63, 3.8) is 0 Å². The molecule has 94 valence electrons. The van der Waals surface area contributed by atoms with Gasteiger partial charge in [-0.3, -0.25) is 0 Å². The van der Waals surface area contributed by atoms with Gasteiger partial charge < -0.3 is 21.1 Å². The number of nitrogens with two attached hydrogens (primary N) is 1. The maximum atomic E-state index is 10.2. The molecular formula is C13H19NO3. The van der Waals surface area contributed by atoms with E-state index in [9.17, 15) is 15.3 Å². The van der Waals surface area contributed by atoms with Crippen molar-refractivity contribution >= 4 is 0 Å². The van der Waals surface area contributed by atoms with Crippen LogP contribution in [0.25, 0.3) is 0 Å². The second-order valence-electron chi connectivity index (χ2n) is 4.80. The van der Waals surface area contributed by atoms with E-state index < -0.39 is 12.1 Å². The van der Waals surface area contributed by atoms with Gasteiger partial charge in [0, 0.05) is 5.56 Å². The van der Waals surface area contributed by atoms with E-state index in [4.69, 9.17) is 5.73 Å². The molecule has 17 heavy (non-hydrogen) atoms. The molecule has 1 aromatic carbocycles. The molecule has 0 aromatic heterocycles. The van der Waals surface area contributed by atoms with Gasteiger partial charge in [0.25, 0.3) is 0 Å². The number of aliphatic hydroxyl groups is 1. The Bertz CT molecular complexity index is 388. The van der Waals surface area contributed by atoms with Gasteiger partial charge in [-0.1, -0.05) is 12.8 Å². The van der Waals surface area contributed by atoms with Crippen LogP contribution < -0.4 is 5.73 Å². The van der Waals surface area contributed by atoms with Gasteiger partial charge in [-0.15, -0.1) is 0 Å². The molecule has 0 spiro atoms. The fourth-order valence-electron chi connectivity index (χ4n) is 2.58. The van der Waals surface area contributed by atoms with E-state index >= 15 is 0 Å². The zero-order valence-corrected chi connectivity index (χ0v) is 9.71. The third-order valence-electron chi connectivity index (χ3n) is 3.62. The summed E-state index contributed by atoms with van der Waals surface area (Å²) in [6, 6.07) is 3.56. The third-order valence-corrected chi connectivity index (χ3v) is 3.62. The van der Waals surface area contributed by atoms with Crippen molar-refractivity contribution in [2.45, 2.75) is 37.8 Å². The van der Waals surface area contributed by atoms with Crippen LogP contribution in [0.4, 0.5) is 0 Å². The average molecular weight is 237 g/mol. The van der Waals surface area contributed by atoms with E-state index in [0.717, 1.165) is 25.7 Å². The molecule has 5 N–H and O–H groups in total. The van der Waals surface area contributed by atoms with Crippen molar-refractivity contribution in [3.8, 4) is 11.5 Å². The predicted molar refractivity (Wildman–Crippen MR) is 64.7 cm³/mol. The monoisotopic (exact) mass is 237 g/mol. The minimum Gasteiger partial charge on any atom is -0.508 e. The van der Waals surface area contributed by atoms with E-state index in [1.807, 2.05) is 0 Å². The molecule has 1 fully saturated rings. The third kappa shape index (κ3) is 2.53. The second kappa shape index (κ2) is 4.94. The first-order valence-corrected chi connectivity index (χ1v) is 6.05. The second-order valence-corrected chi connectivity index (χ2v) is 4.80. The highest BCUT2D eigenvalue weighted by Crippen LogP contribution is 2.35.